The quantitative estimate of drug-likeness (QED) is 0.620. The number of hydrogen-bond donors (Lipinski definition) is 2. The maximum Gasteiger partial charge on any atom is 0.274 e. The zero-order valence-corrected chi connectivity index (χ0v) is 11.1. The van der Waals surface area contributed by atoms with Gasteiger partial charge in [-0.25, -0.2) is 10.8 Å². The molecule has 2 heterocycles. The number of anilines is 1. The second-order valence-electron chi connectivity index (χ2n) is 4.09. The number of hydrogen-bond acceptors (Lipinski definition) is 6. The third-order valence-electron chi connectivity index (χ3n) is 2.88. The number of carbonyl (C=O) groups is 1. The molecule has 0 spiro atoms. The Morgan fingerprint density at radius 2 is 2.50 bits per heavy atom. The van der Waals surface area contributed by atoms with E-state index in [2.05, 4.69) is 22.3 Å². The summed E-state index contributed by atoms with van der Waals surface area (Å²) in [6.45, 7) is 3.69. The molecular formula is C11H17N5OS. The Morgan fingerprint density at radius 3 is 3.22 bits per heavy atom. The number of nitrogens with one attached hydrogen (secondary N) is 1. The maximum absolute atomic E-state index is 12.3. The molecule has 98 valence electrons. The first kappa shape index (κ1) is 13.1. The second kappa shape index (κ2) is 6.01. The van der Waals surface area contributed by atoms with E-state index in [1.54, 1.807) is 0 Å². The predicted octanol–water partition coefficient (Wildman–Crippen LogP) is 0.730. The van der Waals surface area contributed by atoms with Crippen molar-refractivity contribution in [2.24, 2.45) is 5.84 Å². The van der Waals surface area contributed by atoms with Crippen LogP contribution >= 0.6 is 11.8 Å². The van der Waals surface area contributed by atoms with E-state index in [4.69, 9.17) is 5.84 Å². The molecule has 1 fully saturated rings. The van der Waals surface area contributed by atoms with Crippen molar-refractivity contribution in [3.63, 3.8) is 0 Å². The van der Waals surface area contributed by atoms with Crippen LogP contribution in [0.4, 0.5) is 5.82 Å². The first-order chi connectivity index (χ1) is 8.74. The molecule has 1 aromatic heterocycles. The van der Waals surface area contributed by atoms with Crippen LogP contribution in [-0.2, 0) is 0 Å². The lowest BCUT2D eigenvalue weighted by Crippen LogP contribution is -2.42. The fourth-order valence-electron chi connectivity index (χ4n) is 1.85. The van der Waals surface area contributed by atoms with Crippen LogP contribution in [0.3, 0.4) is 0 Å². The summed E-state index contributed by atoms with van der Waals surface area (Å²) in [6, 6.07) is 0. The van der Waals surface area contributed by atoms with E-state index in [1.807, 2.05) is 16.7 Å². The van der Waals surface area contributed by atoms with Crippen molar-refractivity contribution in [2.75, 3.05) is 24.3 Å². The largest absolute Gasteiger partial charge is 0.335 e. The molecule has 6 nitrogen and oxygen atoms in total. The Bertz CT molecular complexity index is 428. The van der Waals surface area contributed by atoms with Gasteiger partial charge in [0.05, 0.1) is 12.4 Å². The number of hydrazine groups is 1. The van der Waals surface area contributed by atoms with Crippen LogP contribution in [0.2, 0.25) is 0 Å². The lowest BCUT2D eigenvalue weighted by atomic mass is 10.2. The number of thioether (sulfide) groups is 1. The molecule has 0 aliphatic carbocycles. The molecule has 0 radical (unpaired) electrons. The molecule has 1 aliphatic heterocycles. The summed E-state index contributed by atoms with van der Waals surface area (Å²) < 4.78 is 0. The number of rotatable bonds is 3. The van der Waals surface area contributed by atoms with E-state index < -0.39 is 0 Å². The SMILES string of the molecule is CCC1CN(C(=O)c2cncc(NN)n2)CCS1. The minimum Gasteiger partial charge on any atom is -0.335 e. The van der Waals surface area contributed by atoms with Crippen molar-refractivity contribution >= 4 is 23.5 Å². The molecule has 0 aromatic carbocycles. The Morgan fingerprint density at radius 1 is 1.67 bits per heavy atom. The highest BCUT2D eigenvalue weighted by Crippen LogP contribution is 2.22. The van der Waals surface area contributed by atoms with Gasteiger partial charge in [-0.15, -0.1) is 0 Å². The second-order valence-corrected chi connectivity index (χ2v) is 5.49. The third kappa shape index (κ3) is 2.91. The van der Waals surface area contributed by atoms with Crippen molar-refractivity contribution < 1.29 is 4.79 Å². The minimum absolute atomic E-state index is 0.0710. The molecule has 7 heteroatoms. The van der Waals surface area contributed by atoms with Gasteiger partial charge >= 0.3 is 0 Å². The minimum atomic E-state index is -0.0710. The van der Waals surface area contributed by atoms with E-state index in [-0.39, 0.29) is 5.91 Å². The summed E-state index contributed by atoms with van der Waals surface area (Å²) in [5, 5.41) is 0.520. The first-order valence-electron chi connectivity index (χ1n) is 5.94. The van der Waals surface area contributed by atoms with Gasteiger partial charge in [-0.1, -0.05) is 6.92 Å². The van der Waals surface area contributed by atoms with Gasteiger partial charge in [-0.2, -0.15) is 11.8 Å². The Balaban J connectivity index is 2.10. The van der Waals surface area contributed by atoms with Crippen molar-refractivity contribution in [3.05, 3.63) is 18.1 Å². The van der Waals surface area contributed by atoms with E-state index in [9.17, 15) is 4.79 Å². The lowest BCUT2D eigenvalue weighted by Gasteiger charge is -2.31. The summed E-state index contributed by atoms with van der Waals surface area (Å²) in [5.74, 6) is 6.57. The van der Waals surface area contributed by atoms with Crippen LogP contribution < -0.4 is 11.3 Å². The summed E-state index contributed by atoms with van der Waals surface area (Å²) >= 11 is 1.92. The van der Waals surface area contributed by atoms with Crippen LogP contribution in [0.25, 0.3) is 0 Å². The highest BCUT2D eigenvalue weighted by molar-refractivity contribution is 8.00. The van der Waals surface area contributed by atoms with Crippen molar-refractivity contribution in [1.82, 2.24) is 14.9 Å². The number of aromatic nitrogens is 2. The van der Waals surface area contributed by atoms with Crippen LogP contribution in [0.1, 0.15) is 23.8 Å². The van der Waals surface area contributed by atoms with Crippen molar-refractivity contribution in [3.8, 4) is 0 Å². The molecule has 3 N–H and O–H groups in total. The predicted molar refractivity (Wildman–Crippen MR) is 72.3 cm³/mol. The zero-order chi connectivity index (χ0) is 13.0. The third-order valence-corrected chi connectivity index (χ3v) is 4.25. The zero-order valence-electron chi connectivity index (χ0n) is 10.3. The van der Waals surface area contributed by atoms with E-state index in [0.717, 1.165) is 25.3 Å². The summed E-state index contributed by atoms with van der Waals surface area (Å²) in [4.78, 5) is 22.2. The highest BCUT2D eigenvalue weighted by atomic mass is 32.2. The van der Waals surface area contributed by atoms with Gasteiger partial charge in [0.25, 0.3) is 5.91 Å². The van der Waals surface area contributed by atoms with Crippen LogP contribution in [-0.4, -0.2) is 44.9 Å². The Hall–Kier alpha value is -1.34. The van der Waals surface area contributed by atoms with E-state index in [1.165, 1.54) is 12.4 Å². The van der Waals surface area contributed by atoms with E-state index in [0.29, 0.717) is 16.8 Å². The van der Waals surface area contributed by atoms with Gasteiger partial charge in [-0.3, -0.25) is 9.78 Å². The van der Waals surface area contributed by atoms with Gasteiger partial charge in [0.15, 0.2) is 5.82 Å². The molecule has 0 bridgehead atoms. The molecule has 0 saturated carbocycles. The number of nitrogen functional groups attached to an aromatic ring is 1. The van der Waals surface area contributed by atoms with Crippen molar-refractivity contribution in [2.45, 2.75) is 18.6 Å². The molecule has 1 aliphatic rings. The van der Waals surface area contributed by atoms with Gasteiger partial charge in [0.2, 0.25) is 0 Å². The molecule has 1 amide bonds. The van der Waals surface area contributed by atoms with Gasteiger partial charge < -0.3 is 10.3 Å². The number of nitrogens with two attached hydrogens (primary N) is 1. The summed E-state index contributed by atoms with van der Waals surface area (Å²) in [7, 11) is 0. The number of amides is 1. The molecule has 18 heavy (non-hydrogen) atoms. The summed E-state index contributed by atoms with van der Waals surface area (Å²) in [6.07, 6.45) is 4.04. The standard InChI is InChI=1S/C11H17N5OS/c1-2-8-7-16(3-4-18-8)11(17)9-5-13-6-10(14-9)15-12/h5-6,8H,2-4,7,12H2,1H3,(H,14,15). The average Bonchev–Trinajstić information content (AvgIpc) is 2.46. The number of nitrogens with zero attached hydrogens (tertiary/aromatic N) is 3. The summed E-state index contributed by atoms with van der Waals surface area (Å²) in [5.41, 5.74) is 2.74. The van der Waals surface area contributed by atoms with Crippen LogP contribution in [0, 0.1) is 0 Å². The molecule has 2 rings (SSSR count). The fraction of sp³-hybridized carbons (Fsp3) is 0.545. The Kier molecular flexibility index (Phi) is 4.38. The smallest absolute Gasteiger partial charge is 0.274 e. The van der Waals surface area contributed by atoms with E-state index >= 15 is 0 Å². The van der Waals surface area contributed by atoms with Gasteiger partial charge in [0, 0.05) is 24.1 Å². The fourth-order valence-corrected chi connectivity index (χ4v) is 3.03. The molecule has 1 aromatic rings. The number of carbonyl (C=O) groups excluding carboxylic acids is 1. The lowest BCUT2D eigenvalue weighted by molar-refractivity contribution is 0.0754. The highest BCUT2D eigenvalue weighted by Gasteiger charge is 2.24. The molecule has 1 saturated heterocycles. The monoisotopic (exact) mass is 267 g/mol. The van der Waals surface area contributed by atoms with Gasteiger partial charge in [-0.05, 0) is 6.42 Å². The Labute approximate surface area is 110 Å². The van der Waals surface area contributed by atoms with Crippen LogP contribution in [0.15, 0.2) is 12.4 Å². The van der Waals surface area contributed by atoms with Crippen LogP contribution in [0.5, 0.6) is 0 Å². The topological polar surface area (TPSA) is 84.1 Å². The first-order valence-corrected chi connectivity index (χ1v) is 6.99. The normalized spacial score (nSPS) is 19.7. The maximum atomic E-state index is 12.3. The van der Waals surface area contributed by atoms with Gasteiger partial charge in [0.1, 0.15) is 5.69 Å². The molecule has 1 atom stereocenters. The molecular weight excluding hydrogens is 250 g/mol. The van der Waals surface area contributed by atoms with Crippen molar-refractivity contribution in [1.29, 1.82) is 0 Å². The molecule has 1 unspecified atom stereocenters. The average molecular weight is 267 g/mol.